The van der Waals surface area contributed by atoms with Gasteiger partial charge in [0, 0.05) is 6.42 Å². The molecule has 3 N–H and O–H groups in total. The molecule has 3 heteroatoms. The maximum Gasteiger partial charge on any atom is 0.0795 e. The Morgan fingerprint density at radius 3 is 1.24 bits per heavy atom. The highest BCUT2D eigenvalue weighted by Crippen LogP contribution is 2.15. The molecule has 0 aromatic rings. The lowest BCUT2D eigenvalue weighted by Crippen LogP contribution is -2.20. The largest absolute Gasteiger partial charge is 0.394 e. The second-order valence-electron chi connectivity index (χ2n) is 7.82. The fourth-order valence-electron chi connectivity index (χ4n) is 3.43. The van der Waals surface area contributed by atoms with Gasteiger partial charge in [-0.3, -0.25) is 0 Å². The first kappa shape index (κ1) is 24.9. The standard InChI is InChI=1S/C22H46O3/c1-2-3-4-5-6-7-8-9-10-11-12-13-14-15-16-17-18-21(24)19-22(25)20-23/h21-25H,2-20H2,1H3. The van der Waals surface area contributed by atoms with Gasteiger partial charge in [-0.1, -0.05) is 110 Å². The van der Waals surface area contributed by atoms with Crippen LogP contribution in [0.25, 0.3) is 0 Å². The van der Waals surface area contributed by atoms with Gasteiger partial charge in [-0.2, -0.15) is 0 Å². The van der Waals surface area contributed by atoms with Crippen LogP contribution in [0.2, 0.25) is 0 Å². The van der Waals surface area contributed by atoms with Gasteiger partial charge in [0.05, 0.1) is 18.8 Å². The van der Waals surface area contributed by atoms with Crippen molar-refractivity contribution in [2.24, 2.45) is 0 Å². The lowest BCUT2D eigenvalue weighted by Gasteiger charge is -2.13. The summed E-state index contributed by atoms with van der Waals surface area (Å²) in [6.07, 6.45) is 21.5. The molecule has 0 aliphatic heterocycles. The monoisotopic (exact) mass is 358 g/mol. The predicted octanol–water partition coefficient (Wildman–Crippen LogP) is 5.74. The van der Waals surface area contributed by atoms with E-state index in [2.05, 4.69) is 6.92 Å². The van der Waals surface area contributed by atoms with E-state index in [0.29, 0.717) is 6.42 Å². The van der Waals surface area contributed by atoms with Crippen LogP contribution in [0.3, 0.4) is 0 Å². The highest BCUT2D eigenvalue weighted by molar-refractivity contribution is 4.62. The molecule has 0 saturated heterocycles. The van der Waals surface area contributed by atoms with Crippen molar-refractivity contribution in [2.45, 2.75) is 135 Å². The molecule has 0 radical (unpaired) electrons. The highest BCUT2D eigenvalue weighted by Gasteiger charge is 2.10. The SMILES string of the molecule is CCCCCCCCCCCCCCCCCCC(O)CC(O)CO. The summed E-state index contributed by atoms with van der Waals surface area (Å²) in [5.41, 5.74) is 0. The summed E-state index contributed by atoms with van der Waals surface area (Å²) in [7, 11) is 0. The van der Waals surface area contributed by atoms with Crippen molar-refractivity contribution in [3.05, 3.63) is 0 Å². The summed E-state index contributed by atoms with van der Waals surface area (Å²) < 4.78 is 0. The van der Waals surface area contributed by atoms with Gasteiger partial charge in [0.2, 0.25) is 0 Å². The number of rotatable bonds is 20. The fraction of sp³-hybridized carbons (Fsp3) is 1.00. The Kier molecular flexibility index (Phi) is 20.1. The Morgan fingerprint density at radius 2 is 0.880 bits per heavy atom. The van der Waals surface area contributed by atoms with E-state index < -0.39 is 12.2 Å². The zero-order valence-electron chi connectivity index (χ0n) is 16.9. The Bertz CT molecular complexity index is 245. The number of unbranched alkanes of at least 4 members (excludes halogenated alkanes) is 15. The Labute approximate surface area is 157 Å². The Morgan fingerprint density at radius 1 is 0.520 bits per heavy atom. The highest BCUT2D eigenvalue weighted by atomic mass is 16.3. The molecule has 0 fully saturated rings. The topological polar surface area (TPSA) is 60.7 Å². The molecule has 0 aliphatic carbocycles. The number of hydrogen-bond acceptors (Lipinski definition) is 3. The first-order chi connectivity index (χ1) is 12.2. The van der Waals surface area contributed by atoms with Crippen molar-refractivity contribution in [1.82, 2.24) is 0 Å². The van der Waals surface area contributed by atoms with Crippen LogP contribution in [0.15, 0.2) is 0 Å². The van der Waals surface area contributed by atoms with Crippen molar-refractivity contribution >= 4 is 0 Å². The van der Waals surface area contributed by atoms with Crippen LogP contribution in [0.4, 0.5) is 0 Å². The van der Waals surface area contributed by atoms with E-state index in [4.69, 9.17) is 5.11 Å². The van der Waals surface area contributed by atoms with Crippen LogP contribution >= 0.6 is 0 Å². The molecule has 0 aliphatic rings. The van der Waals surface area contributed by atoms with Gasteiger partial charge in [-0.25, -0.2) is 0 Å². The second-order valence-corrected chi connectivity index (χ2v) is 7.82. The first-order valence-electron chi connectivity index (χ1n) is 11.2. The minimum atomic E-state index is -0.768. The van der Waals surface area contributed by atoms with Crippen LogP contribution in [-0.2, 0) is 0 Å². The maximum atomic E-state index is 9.69. The van der Waals surface area contributed by atoms with Crippen molar-refractivity contribution < 1.29 is 15.3 Å². The van der Waals surface area contributed by atoms with Crippen molar-refractivity contribution in [3.63, 3.8) is 0 Å². The van der Waals surface area contributed by atoms with E-state index in [1.807, 2.05) is 0 Å². The van der Waals surface area contributed by atoms with Gasteiger partial charge in [-0.05, 0) is 6.42 Å². The van der Waals surface area contributed by atoms with Crippen LogP contribution in [-0.4, -0.2) is 34.1 Å². The van der Waals surface area contributed by atoms with Crippen LogP contribution in [0.1, 0.15) is 122 Å². The molecule has 0 amide bonds. The average Bonchev–Trinajstić information content (AvgIpc) is 2.61. The third-order valence-electron chi connectivity index (χ3n) is 5.15. The summed E-state index contributed by atoms with van der Waals surface area (Å²) >= 11 is 0. The first-order valence-corrected chi connectivity index (χ1v) is 11.2. The summed E-state index contributed by atoms with van der Waals surface area (Å²) in [4.78, 5) is 0. The normalized spacial score (nSPS) is 13.9. The van der Waals surface area contributed by atoms with Crippen LogP contribution in [0, 0.1) is 0 Å². The molecule has 3 nitrogen and oxygen atoms in total. The molecule has 0 aromatic carbocycles. The van der Waals surface area contributed by atoms with E-state index in [9.17, 15) is 10.2 Å². The number of hydrogen-bond donors (Lipinski definition) is 3. The molecule has 0 spiro atoms. The molecular formula is C22H46O3. The van der Waals surface area contributed by atoms with Gasteiger partial charge < -0.3 is 15.3 Å². The molecule has 0 heterocycles. The minimum absolute atomic E-state index is 0.254. The van der Waals surface area contributed by atoms with Gasteiger partial charge in [0.1, 0.15) is 0 Å². The molecular weight excluding hydrogens is 312 g/mol. The predicted molar refractivity (Wildman–Crippen MR) is 108 cm³/mol. The molecule has 0 rings (SSSR count). The zero-order chi connectivity index (χ0) is 18.6. The quantitative estimate of drug-likeness (QED) is 0.243. The smallest absolute Gasteiger partial charge is 0.0795 e. The van der Waals surface area contributed by atoms with E-state index in [-0.39, 0.29) is 6.61 Å². The summed E-state index contributed by atoms with van der Waals surface area (Å²) in [6, 6.07) is 0. The molecule has 2 unspecified atom stereocenters. The summed E-state index contributed by atoms with van der Waals surface area (Å²) in [5, 5.41) is 27.7. The lowest BCUT2D eigenvalue weighted by molar-refractivity contribution is 0.0380. The minimum Gasteiger partial charge on any atom is -0.394 e. The Hall–Kier alpha value is -0.120. The molecule has 0 aromatic heterocycles. The zero-order valence-corrected chi connectivity index (χ0v) is 16.9. The molecule has 25 heavy (non-hydrogen) atoms. The lowest BCUT2D eigenvalue weighted by atomic mass is 10.0. The third-order valence-corrected chi connectivity index (χ3v) is 5.15. The number of aliphatic hydroxyl groups is 3. The van der Waals surface area contributed by atoms with Gasteiger partial charge in [0.15, 0.2) is 0 Å². The Balaban J connectivity index is 3.09. The molecule has 0 bridgehead atoms. The van der Waals surface area contributed by atoms with E-state index in [0.717, 1.165) is 12.8 Å². The van der Waals surface area contributed by atoms with Crippen molar-refractivity contribution in [2.75, 3.05) is 6.61 Å². The van der Waals surface area contributed by atoms with E-state index >= 15 is 0 Å². The summed E-state index contributed by atoms with van der Waals surface area (Å²) in [6.45, 7) is 2.02. The van der Waals surface area contributed by atoms with Crippen LogP contribution < -0.4 is 0 Å². The second kappa shape index (κ2) is 20.2. The van der Waals surface area contributed by atoms with Crippen molar-refractivity contribution in [3.8, 4) is 0 Å². The van der Waals surface area contributed by atoms with Crippen molar-refractivity contribution in [1.29, 1.82) is 0 Å². The average molecular weight is 359 g/mol. The fourth-order valence-corrected chi connectivity index (χ4v) is 3.43. The maximum absolute atomic E-state index is 9.69. The number of aliphatic hydroxyl groups excluding tert-OH is 3. The molecule has 0 saturated carbocycles. The van der Waals surface area contributed by atoms with E-state index in [1.54, 1.807) is 0 Å². The van der Waals surface area contributed by atoms with Gasteiger partial charge in [-0.15, -0.1) is 0 Å². The molecule has 2 atom stereocenters. The summed E-state index contributed by atoms with van der Waals surface area (Å²) in [5.74, 6) is 0. The van der Waals surface area contributed by atoms with Gasteiger partial charge in [0.25, 0.3) is 0 Å². The van der Waals surface area contributed by atoms with E-state index in [1.165, 1.54) is 96.3 Å². The molecule has 152 valence electrons. The van der Waals surface area contributed by atoms with Gasteiger partial charge >= 0.3 is 0 Å². The third kappa shape index (κ3) is 20.0. The van der Waals surface area contributed by atoms with Crippen LogP contribution in [0.5, 0.6) is 0 Å².